The minimum absolute atomic E-state index is 0.121. The molecule has 1 aromatic rings. The van der Waals surface area contributed by atoms with Crippen LogP contribution >= 0.6 is 0 Å². The Hall–Kier alpha value is -1.62. The normalized spacial score (nSPS) is 16.2. The highest BCUT2D eigenvalue weighted by Crippen LogP contribution is 2.20. The third-order valence-electron chi connectivity index (χ3n) is 3.23. The van der Waals surface area contributed by atoms with E-state index in [4.69, 9.17) is 5.73 Å². The molecule has 0 atom stereocenters. The Kier molecular flexibility index (Phi) is 3.58. The monoisotopic (exact) mass is 235 g/mol. The second kappa shape index (κ2) is 5.14. The summed E-state index contributed by atoms with van der Waals surface area (Å²) in [6.45, 7) is 3.20. The van der Waals surface area contributed by atoms with Gasteiger partial charge in [0.05, 0.1) is 4.92 Å². The number of hydrogen-bond acceptors (Lipinski definition) is 4. The zero-order valence-electron chi connectivity index (χ0n) is 9.76. The summed E-state index contributed by atoms with van der Waals surface area (Å²) in [6.07, 6.45) is 3.29. The van der Waals surface area contributed by atoms with Crippen LogP contribution in [0.5, 0.6) is 0 Å². The van der Waals surface area contributed by atoms with Gasteiger partial charge in [-0.2, -0.15) is 0 Å². The molecule has 2 rings (SSSR count). The second-order valence-corrected chi connectivity index (χ2v) is 4.44. The van der Waals surface area contributed by atoms with Gasteiger partial charge in [0.25, 0.3) is 5.69 Å². The zero-order chi connectivity index (χ0) is 12.3. The number of nitro benzene ring substituents is 1. The van der Waals surface area contributed by atoms with Crippen molar-refractivity contribution in [3.8, 4) is 0 Å². The molecule has 1 aromatic carbocycles. The fraction of sp³-hybridized carbons (Fsp3) is 0.500. The molecular formula is C12H17N3O2. The molecular weight excluding hydrogens is 218 g/mol. The van der Waals surface area contributed by atoms with Gasteiger partial charge >= 0.3 is 0 Å². The highest BCUT2D eigenvalue weighted by atomic mass is 16.6. The van der Waals surface area contributed by atoms with Gasteiger partial charge in [-0.05, 0) is 44.0 Å². The average Bonchev–Trinajstić information content (AvgIpc) is 2.80. The minimum Gasteiger partial charge on any atom is -0.398 e. The van der Waals surface area contributed by atoms with Crippen molar-refractivity contribution in [2.45, 2.75) is 19.3 Å². The van der Waals surface area contributed by atoms with Crippen molar-refractivity contribution in [3.63, 3.8) is 0 Å². The molecule has 5 nitrogen and oxygen atoms in total. The summed E-state index contributed by atoms with van der Waals surface area (Å²) in [6, 6.07) is 4.66. The first-order valence-corrected chi connectivity index (χ1v) is 5.92. The molecule has 0 radical (unpaired) electrons. The minimum atomic E-state index is -0.376. The highest BCUT2D eigenvalue weighted by molar-refractivity contribution is 5.52. The lowest BCUT2D eigenvalue weighted by Gasteiger charge is -2.14. The Morgan fingerprint density at radius 3 is 2.71 bits per heavy atom. The summed E-state index contributed by atoms with van der Waals surface area (Å²) < 4.78 is 0. The number of non-ortho nitro benzene ring substituents is 1. The molecule has 1 aliphatic rings. The van der Waals surface area contributed by atoms with Crippen LogP contribution in [-0.4, -0.2) is 29.5 Å². The predicted molar refractivity (Wildman–Crippen MR) is 66.9 cm³/mol. The van der Waals surface area contributed by atoms with Gasteiger partial charge in [-0.1, -0.05) is 0 Å². The number of anilines is 1. The fourth-order valence-corrected chi connectivity index (χ4v) is 2.21. The Bertz CT molecular complexity index is 414. The van der Waals surface area contributed by atoms with Crippen molar-refractivity contribution in [2.75, 3.05) is 25.4 Å². The Morgan fingerprint density at radius 1 is 1.35 bits per heavy atom. The molecule has 0 bridgehead atoms. The Labute approximate surface area is 100 Å². The molecule has 0 saturated carbocycles. The largest absolute Gasteiger partial charge is 0.398 e. The van der Waals surface area contributed by atoms with Crippen molar-refractivity contribution < 1.29 is 4.92 Å². The number of nitrogens with two attached hydrogens (primary N) is 1. The summed E-state index contributed by atoms with van der Waals surface area (Å²) in [7, 11) is 0. The van der Waals surface area contributed by atoms with E-state index in [0.29, 0.717) is 5.69 Å². The number of likely N-dealkylation sites (tertiary alicyclic amines) is 1. The van der Waals surface area contributed by atoms with Crippen LogP contribution in [-0.2, 0) is 6.42 Å². The molecule has 1 heterocycles. The van der Waals surface area contributed by atoms with Gasteiger partial charge in [0.2, 0.25) is 0 Å². The SMILES string of the molecule is Nc1ccc([N+](=O)[O-])cc1CCN1CCCC1. The summed E-state index contributed by atoms with van der Waals surface area (Å²) in [5.41, 5.74) is 7.48. The van der Waals surface area contributed by atoms with Gasteiger partial charge in [-0.3, -0.25) is 10.1 Å². The number of nitrogens with zero attached hydrogens (tertiary/aromatic N) is 2. The van der Waals surface area contributed by atoms with Crippen LogP contribution in [0.2, 0.25) is 0 Å². The summed E-state index contributed by atoms with van der Waals surface area (Å²) in [4.78, 5) is 12.7. The quantitative estimate of drug-likeness (QED) is 0.491. The first kappa shape index (κ1) is 11.9. The first-order valence-electron chi connectivity index (χ1n) is 5.92. The van der Waals surface area contributed by atoms with E-state index in [1.807, 2.05) is 0 Å². The highest BCUT2D eigenvalue weighted by Gasteiger charge is 2.13. The van der Waals surface area contributed by atoms with Crippen LogP contribution in [0, 0.1) is 10.1 Å². The Morgan fingerprint density at radius 2 is 2.06 bits per heavy atom. The van der Waals surface area contributed by atoms with E-state index in [1.54, 1.807) is 12.1 Å². The molecule has 2 N–H and O–H groups in total. The molecule has 0 spiro atoms. The van der Waals surface area contributed by atoms with Crippen molar-refractivity contribution in [2.24, 2.45) is 0 Å². The third-order valence-corrected chi connectivity index (χ3v) is 3.23. The molecule has 0 unspecified atom stereocenters. The van der Waals surface area contributed by atoms with Gasteiger partial charge in [0.1, 0.15) is 0 Å². The molecule has 0 amide bonds. The third kappa shape index (κ3) is 2.94. The van der Waals surface area contributed by atoms with E-state index in [1.165, 1.54) is 18.9 Å². The molecule has 5 heteroatoms. The van der Waals surface area contributed by atoms with Crippen LogP contribution in [0.1, 0.15) is 18.4 Å². The average molecular weight is 235 g/mol. The van der Waals surface area contributed by atoms with Gasteiger partial charge in [0.15, 0.2) is 0 Å². The Balaban J connectivity index is 2.03. The number of hydrogen-bond donors (Lipinski definition) is 1. The van der Waals surface area contributed by atoms with E-state index < -0.39 is 0 Å². The van der Waals surface area contributed by atoms with Crippen molar-refractivity contribution in [1.82, 2.24) is 4.90 Å². The van der Waals surface area contributed by atoms with E-state index in [2.05, 4.69) is 4.90 Å². The molecule has 1 aliphatic heterocycles. The van der Waals surface area contributed by atoms with E-state index in [-0.39, 0.29) is 10.6 Å². The topological polar surface area (TPSA) is 72.4 Å². The van der Waals surface area contributed by atoms with Gasteiger partial charge in [-0.25, -0.2) is 0 Å². The maximum atomic E-state index is 10.7. The summed E-state index contributed by atoms with van der Waals surface area (Å²) in [5, 5.41) is 10.7. The standard InChI is InChI=1S/C12H17N3O2/c13-12-4-3-11(15(16)17)9-10(12)5-8-14-6-1-2-7-14/h3-4,9H,1-2,5-8,13H2. The maximum Gasteiger partial charge on any atom is 0.269 e. The van der Waals surface area contributed by atoms with Crippen LogP contribution in [0.25, 0.3) is 0 Å². The predicted octanol–water partition coefficient (Wildman–Crippen LogP) is 1.82. The van der Waals surface area contributed by atoms with Crippen molar-refractivity contribution in [3.05, 3.63) is 33.9 Å². The summed E-state index contributed by atoms with van der Waals surface area (Å²) in [5.74, 6) is 0. The molecule has 0 aliphatic carbocycles. The smallest absolute Gasteiger partial charge is 0.269 e. The van der Waals surface area contributed by atoms with Crippen LogP contribution < -0.4 is 5.73 Å². The second-order valence-electron chi connectivity index (χ2n) is 4.44. The maximum absolute atomic E-state index is 10.7. The summed E-state index contributed by atoms with van der Waals surface area (Å²) >= 11 is 0. The van der Waals surface area contributed by atoms with Gasteiger partial charge in [0, 0.05) is 24.4 Å². The molecule has 92 valence electrons. The molecule has 0 aromatic heterocycles. The van der Waals surface area contributed by atoms with E-state index >= 15 is 0 Å². The lowest BCUT2D eigenvalue weighted by atomic mass is 10.1. The number of benzene rings is 1. The molecule has 1 saturated heterocycles. The van der Waals surface area contributed by atoms with E-state index in [0.717, 1.165) is 31.6 Å². The zero-order valence-corrected chi connectivity index (χ0v) is 9.76. The number of nitrogen functional groups attached to an aromatic ring is 1. The van der Waals surface area contributed by atoms with Crippen LogP contribution in [0.4, 0.5) is 11.4 Å². The number of rotatable bonds is 4. The van der Waals surface area contributed by atoms with Gasteiger partial charge in [-0.15, -0.1) is 0 Å². The van der Waals surface area contributed by atoms with Crippen LogP contribution in [0.3, 0.4) is 0 Å². The van der Waals surface area contributed by atoms with Crippen LogP contribution in [0.15, 0.2) is 18.2 Å². The van der Waals surface area contributed by atoms with E-state index in [9.17, 15) is 10.1 Å². The van der Waals surface area contributed by atoms with Gasteiger partial charge < -0.3 is 10.6 Å². The van der Waals surface area contributed by atoms with Crippen molar-refractivity contribution >= 4 is 11.4 Å². The first-order chi connectivity index (χ1) is 8.16. The van der Waals surface area contributed by atoms with Crippen molar-refractivity contribution in [1.29, 1.82) is 0 Å². The molecule has 17 heavy (non-hydrogen) atoms. The lowest BCUT2D eigenvalue weighted by Crippen LogP contribution is -2.22. The molecule has 1 fully saturated rings. The number of nitro groups is 1. The fourth-order valence-electron chi connectivity index (χ4n) is 2.21. The lowest BCUT2D eigenvalue weighted by molar-refractivity contribution is -0.384.